The van der Waals surface area contributed by atoms with E-state index in [4.69, 9.17) is 14.2 Å². The second-order valence-electron chi connectivity index (χ2n) is 13.3. The first-order chi connectivity index (χ1) is 25.3. The predicted octanol–water partition coefficient (Wildman–Crippen LogP) is 6.68. The molecule has 3 rings (SSSR count). The van der Waals surface area contributed by atoms with Crippen molar-refractivity contribution in [2.45, 2.75) is 72.4 Å². The van der Waals surface area contributed by atoms with Crippen molar-refractivity contribution in [2.75, 3.05) is 58.1 Å². The Kier molecular flexibility index (Phi) is 16.3. The third kappa shape index (κ3) is 12.6. The first-order valence-corrected chi connectivity index (χ1v) is 17.9. The van der Waals surface area contributed by atoms with Crippen LogP contribution < -0.4 is 24.8 Å². The van der Waals surface area contributed by atoms with Crippen molar-refractivity contribution in [3.05, 3.63) is 77.4 Å². The molecule has 3 N–H and O–H groups in total. The molecule has 13 heteroatoms. The van der Waals surface area contributed by atoms with Gasteiger partial charge < -0.3 is 44.7 Å². The molecule has 0 aliphatic rings. The van der Waals surface area contributed by atoms with Gasteiger partial charge in [-0.3, -0.25) is 9.59 Å². The number of carbonyl (C=O) groups is 4. The van der Waals surface area contributed by atoms with Crippen LogP contribution in [0.3, 0.4) is 0 Å². The van der Waals surface area contributed by atoms with Crippen LogP contribution >= 0.6 is 0 Å². The molecule has 3 aromatic rings. The zero-order valence-electron chi connectivity index (χ0n) is 32.2. The lowest BCUT2D eigenvalue weighted by Crippen LogP contribution is -2.49. The van der Waals surface area contributed by atoms with Crippen LogP contribution in [-0.4, -0.2) is 103 Å². The Labute approximate surface area is 313 Å². The zero-order chi connectivity index (χ0) is 39.1. The molecule has 0 aliphatic heterocycles. The van der Waals surface area contributed by atoms with Crippen molar-refractivity contribution in [2.24, 2.45) is 0 Å². The number of amides is 5. The van der Waals surface area contributed by atoms with Gasteiger partial charge >= 0.3 is 18.0 Å². The lowest BCUT2D eigenvalue weighted by molar-refractivity contribution is -0.137. The van der Waals surface area contributed by atoms with Gasteiger partial charge in [0.05, 0.1) is 39.9 Å². The van der Waals surface area contributed by atoms with Gasteiger partial charge in [0.15, 0.2) is 11.5 Å². The standard InChI is InChI=1S/C40H55N5O8/c1-27(2)44(37(46)26-31-14-16-33(35(25-31)52-7)42-39(49)41-32-13-10-9-12-29(32)5)20-11-21-45(28(3)4)40(50)43(23-19-38(47)48)22-18-30-15-17-34(51-6)36(24-30)53-8/h9-10,12-17,24-25,27-28H,11,18-23,26H2,1-8H3,(H,47,48)(H2,41,42,49). The van der Waals surface area contributed by atoms with Crippen molar-refractivity contribution < 1.29 is 38.5 Å². The summed E-state index contributed by atoms with van der Waals surface area (Å²) < 4.78 is 16.3. The van der Waals surface area contributed by atoms with Crippen molar-refractivity contribution >= 4 is 35.3 Å². The fourth-order valence-corrected chi connectivity index (χ4v) is 5.89. The molecule has 0 radical (unpaired) electrons. The summed E-state index contributed by atoms with van der Waals surface area (Å²) in [6.07, 6.45) is 0.964. The highest BCUT2D eigenvalue weighted by molar-refractivity contribution is 6.01. The first kappa shape index (κ1) is 42.0. The van der Waals surface area contributed by atoms with Crippen LogP contribution in [0.2, 0.25) is 0 Å². The maximum absolute atomic E-state index is 13.9. The summed E-state index contributed by atoms with van der Waals surface area (Å²) in [5, 5.41) is 15.1. The Morgan fingerprint density at radius 1 is 0.698 bits per heavy atom. The number of rotatable bonds is 19. The van der Waals surface area contributed by atoms with Crippen molar-refractivity contribution in [1.29, 1.82) is 0 Å². The molecule has 0 fully saturated rings. The SMILES string of the molecule is COc1cc(CC(=O)N(CCCN(C(=O)N(CCC(=O)O)CCc2ccc(OC)c(OC)c2)C(C)C)C(C)C)ccc1NC(=O)Nc1ccccc1C. The summed E-state index contributed by atoms with van der Waals surface area (Å²) in [6.45, 7) is 10.8. The number of carboxylic acids is 1. The fourth-order valence-electron chi connectivity index (χ4n) is 5.89. The average Bonchev–Trinajstić information content (AvgIpc) is 3.12. The fraction of sp³-hybridized carbons (Fsp3) is 0.450. The number of aliphatic carboxylic acids is 1. The van der Waals surface area contributed by atoms with E-state index in [0.29, 0.717) is 61.1 Å². The van der Waals surface area contributed by atoms with Crippen molar-refractivity contribution in [3.63, 3.8) is 0 Å². The van der Waals surface area contributed by atoms with Crippen molar-refractivity contribution in [3.8, 4) is 17.2 Å². The molecule has 3 aromatic carbocycles. The van der Waals surface area contributed by atoms with Gasteiger partial charge in [-0.2, -0.15) is 0 Å². The topological polar surface area (TPSA) is 150 Å². The number of carbonyl (C=O) groups excluding carboxylic acids is 3. The number of ether oxygens (including phenoxy) is 3. The number of urea groups is 2. The number of hydrogen-bond donors (Lipinski definition) is 3. The molecule has 0 unspecified atom stereocenters. The van der Waals surface area contributed by atoms with Gasteiger partial charge in [-0.25, -0.2) is 9.59 Å². The van der Waals surface area contributed by atoms with E-state index in [1.165, 1.54) is 7.11 Å². The number of hydrogen-bond acceptors (Lipinski definition) is 7. The van der Waals surface area contributed by atoms with Crippen LogP contribution in [0.1, 0.15) is 57.2 Å². The summed E-state index contributed by atoms with van der Waals surface area (Å²) in [4.78, 5) is 56.8. The highest BCUT2D eigenvalue weighted by Crippen LogP contribution is 2.28. The van der Waals surface area contributed by atoms with Gasteiger partial charge in [0, 0.05) is 44.0 Å². The van der Waals surface area contributed by atoms with Gasteiger partial charge in [0.25, 0.3) is 0 Å². The number of aryl methyl sites for hydroxylation is 1. The molecule has 0 saturated heterocycles. The molecule has 0 aromatic heterocycles. The van der Waals surface area contributed by atoms with Gasteiger partial charge in [-0.1, -0.05) is 30.3 Å². The van der Waals surface area contributed by atoms with Crippen LogP contribution in [0.25, 0.3) is 0 Å². The zero-order valence-corrected chi connectivity index (χ0v) is 32.2. The van der Waals surface area contributed by atoms with Gasteiger partial charge in [0.2, 0.25) is 5.91 Å². The van der Waals surface area contributed by atoms with Gasteiger partial charge in [-0.15, -0.1) is 0 Å². The number of carboxylic acid groups (broad SMARTS) is 1. The molecule has 0 saturated carbocycles. The highest BCUT2D eigenvalue weighted by atomic mass is 16.5. The smallest absolute Gasteiger partial charge is 0.323 e. The molecule has 0 atom stereocenters. The van der Waals surface area contributed by atoms with Gasteiger partial charge in [-0.05, 0) is 94.5 Å². The molecule has 0 bridgehead atoms. The number of benzene rings is 3. The molecule has 0 spiro atoms. The first-order valence-electron chi connectivity index (χ1n) is 17.9. The quantitative estimate of drug-likeness (QED) is 0.124. The van der Waals surface area contributed by atoms with E-state index in [1.54, 1.807) is 53.2 Å². The predicted molar refractivity (Wildman–Crippen MR) is 206 cm³/mol. The summed E-state index contributed by atoms with van der Waals surface area (Å²) in [5.41, 5.74) is 3.74. The van der Waals surface area contributed by atoms with E-state index in [9.17, 15) is 24.3 Å². The second kappa shape index (κ2) is 20.5. The minimum atomic E-state index is -0.983. The van der Waals surface area contributed by atoms with E-state index in [-0.39, 0.29) is 43.4 Å². The molecule has 0 aliphatic carbocycles. The third-order valence-corrected chi connectivity index (χ3v) is 8.86. The van der Waals surface area contributed by atoms with Crippen LogP contribution in [0.15, 0.2) is 60.7 Å². The summed E-state index contributed by atoms with van der Waals surface area (Å²) in [5.74, 6) is 0.536. The van der Waals surface area contributed by atoms with E-state index < -0.39 is 12.0 Å². The Morgan fingerprint density at radius 3 is 1.92 bits per heavy atom. The van der Waals surface area contributed by atoms with Crippen LogP contribution in [0.4, 0.5) is 21.0 Å². The highest BCUT2D eigenvalue weighted by Gasteiger charge is 2.25. The van der Waals surface area contributed by atoms with E-state index in [1.807, 2.05) is 71.0 Å². The van der Waals surface area contributed by atoms with Crippen LogP contribution in [0, 0.1) is 6.92 Å². The van der Waals surface area contributed by atoms with E-state index in [2.05, 4.69) is 10.6 Å². The molecular formula is C40H55N5O8. The number of nitrogens with one attached hydrogen (secondary N) is 2. The molecule has 13 nitrogen and oxygen atoms in total. The van der Waals surface area contributed by atoms with E-state index in [0.717, 1.165) is 16.7 Å². The monoisotopic (exact) mass is 733 g/mol. The lowest BCUT2D eigenvalue weighted by Gasteiger charge is -2.34. The second-order valence-corrected chi connectivity index (χ2v) is 13.3. The Hall–Kier alpha value is -5.46. The van der Waals surface area contributed by atoms with Crippen molar-refractivity contribution in [1.82, 2.24) is 14.7 Å². The number of nitrogens with zero attached hydrogens (tertiary/aromatic N) is 3. The minimum absolute atomic E-state index is 0.0659. The Morgan fingerprint density at radius 2 is 1.30 bits per heavy atom. The number of anilines is 2. The molecule has 53 heavy (non-hydrogen) atoms. The van der Waals surface area contributed by atoms with Crippen LogP contribution in [0.5, 0.6) is 17.2 Å². The largest absolute Gasteiger partial charge is 0.495 e. The third-order valence-electron chi connectivity index (χ3n) is 8.86. The molecule has 0 heterocycles. The maximum atomic E-state index is 13.9. The Balaban J connectivity index is 1.64. The van der Waals surface area contributed by atoms with Gasteiger partial charge in [0.1, 0.15) is 5.75 Å². The molecule has 288 valence electrons. The number of methoxy groups -OCH3 is 3. The lowest BCUT2D eigenvalue weighted by atomic mass is 10.1. The maximum Gasteiger partial charge on any atom is 0.323 e. The molecule has 5 amide bonds. The molecular weight excluding hydrogens is 678 g/mol. The average molecular weight is 734 g/mol. The summed E-state index contributed by atoms with van der Waals surface area (Å²) >= 11 is 0. The normalized spacial score (nSPS) is 10.8. The van der Waals surface area contributed by atoms with E-state index >= 15 is 0 Å². The number of para-hydroxylation sites is 1. The Bertz CT molecular complexity index is 1700. The summed E-state index contributed by atoms with van der Waals surface area (Å²) in [7, 11) is 4.63. The summed E-state index contributed by atoms with van der Waals surface area (Å²) in [6, 6.07) is 17.4. The van der Waals surface area contributed by atoms with Crippen LogP contribution in [-0.2, 0) is 22.4 Å². The minimum Gasteiger partial charge on any atom is -0.495 e.